The van der Waals surface area contributed by atoms with Crippen LogP contribution in [-0.4, -0.2) is 14.8 Å². The third-order valence-corrected chi connectivity index (χ3v) is 4.01. The van der Waals surface area contributed by atoms with Gasteiger partial charge in [-0.05, 0) is 30.9 Å². The van der Waals surface area contributed by atoms with E-state index in [1.165, 1.54) is 16.8 Å². The molecule has 0 aliphatic heterocycles. The Balaban J connectivity index is 2.32. The molecule has 4 nitrogen and oxygen atoms in total. The van der Waals surface area contributed by atoms with Crippen LogP contribution in [0.1, 0.15) is 42.0 Å². The van der Waals surface area contributed by atoms with Crippen LogP contribution in [0.2, 0.25) is 0 Å². The number of nitrogens with zero attached hydrogens (tertiary/aromatic N) is 3. The minimum atomic E-state index is -0.167. The van der Waals surface area contributed by atoms with Gasteiger partial charge in [0, 0.05) is 12.7 Å². The molecule has 1 unspecified atom stereocenters. The number of aromatic nitrogens is 3. The summed E-state index contributed by atoms with van der Waals surface area (Å²) in [6, 6.07) is 6.43. The van der Waals surface area contributed by atoms with Gasteiger partial charge in [-0.3, -0.25) is 0 Å². The van der Waals surface area contributed by atoms with Crippen molar-refractivity contribution < 1.29 is 0 Å². The van der Waals surface area contributed by atoms with Gasteiger partial charge in [-0.25, -0.2) is 0 Å². The van der Waals surface area contributed by atoms with Crippen molar-refractivity contribution in [2.75, 3.05) is 5.32 Å². The Kier molecular flexibility index (Phi) is 4.70. The van der Waals surface area contributed by atoms with Crippen molar-refractivity contribution in [1.82, 2.24) is 14.8 Å². The molecule has 0 saturated heterocycles. The second-order valence-electron chi connectivity index (χ2n) is 4.87. The fourth-order valence-electron chi connectivity index (χ4n) is 2.29. The molecule has 0 fully saturated rings. The number of benzene rings is 1. The molecule has 0 spiro atoms. The van der Waals surface area contributed by atoms with Crippen LogP contribution in [0.25, 0.3) is 0 Å². The molecule has 2 aromatic rings. The molecule has 108 valence electrons. The van der Waals surface area contributed by atoms with Crippen LogP contribution in [0.5, 0.6) is 0 Å². The molecule has 0 radical (unpaired) electrons. The van der Waals surface area contributed by atoms with Gasteiger partial charge < -0.3 is 9.88 Å². The molecule has 1 aromatic carbocycles. The molecule has 2 rings (SSSR count). The first-order chi connectivity index (χ1) is 9.58. The molecule has 20 heavy (non-hydrogen) atoms. The first kappa shape index (κ1) is 14.9. The van der Waals surface area contributed by atoms with Crippen LogP contribution in [0.3, 0.4) is 0 Å². The van der Waals surface area contributed by atoms with Crippen molar-refractivity contribution in [2.24, 2.45) is 7.05 Å². The maximum absolute atomic E-state index is 4.65. The Morgan fingerprint density at radius 3 is 2.25 bits per heavy atom. The average Bonchev–Trinajstić information content (AvgIpc) is 2.79. The van der Waals surface area contributed by atoms with Crippen LogP contribution >= 0.6 is 12.6 Å². The lowest BCUT2D eigenvalue weighted by Crippen LogP contribution is -2.13. The number of hydrogen-bond acceptors (Lipinski definition) is 4. The van der Waals surface area contributed by atoms with E-state index in [-0.39, 0.29) is 5.37 Å². The predicted molar refractivity (Wildman–Crippen MR) is 86.3 cm³/mol. The summed E-state index contributed by atoms with van der Waals surface area (Å²) in [6.07, 6.45) is 1.99. The second kappa shape index (κ2) is 6.31. The van der Waals surface area contributed by atoms with Crippen molar-refractivity contribution in [2.45, 2.75) is 39.0 Å². The summed E-state index contributed by atoms with van der Waals surface area (Å²) in [5, 5.41) is 11.6. The van der Waals surface area contributed by atoms with Gasteiger partial charge >= 0.3 is 0 Å². The summed E-state index contributed by atoms with van der Waals surface area (Å²) < 4.78 is 1.96. The summed E-state index contributed by atoms with van der Waals surface area (Å²) >= 11 is 4.65. The average molecular weight is 290 g/mol. The lowest BCUT2D eigenvalue weighted by atomic mass is 10.0. The van der Waals surface area contributed by atoms with Crippen LogP contribution in [0.4, 0.5) is 5.69 Å². The van der Waals surface area contributed by atoms with Gasteiger partial charge in [-0.1, -0.05) is 32.0 Å². The summed E-state index contributed by atoms with van der Waals surface area (Å²) in [7, 11) is 1.96. The van der Waals surface area contributed by atoms with Crippen molar-refractivity contribution in [3.05, 3.63) is 41.0 Å². The largest absolute Gasteiger partial charge is 0.367 e. The summed E-state index contributed by atoms with van der Waals surface area (Å²) in [6.45, 7) is 6.27. The van der Waals surface area contributed by atoms with E-state index in [0.717, 1.165) is 24.5 Å². The van der Waals surface area contributed by atoms with Crippen LogP contribution in [-0.2, 0) is 19.9 Å². The third kappa shape index (κ3) is 2.82. The van der Waals surface area contributed by atoms with Crippen LogP contribution < -0.4 is 5.32 Å². The van der Waals surface area contributed by atoms with Gasteiger partial charge in [0.2, 0.25) is 0 Å². The molecule has 1 atom stereocenters. The smallest absolute Gasteiger partial charge is 0.165 e. The van der Waals surface area contributed by atoms with E-state index in [0.29, 0.717) is 0 Å². The van der Waals surface area contributed by atoms with Gasteiger partial charge in [0.15, 0.2) is 5.82 Å². The van der Waals surface area contributed by atoms with Crippen molar-refractivity contribution in [3.8, 4) is 0 Å². The Hall–Kier alpha value is -1.49. The van der Waals surface area contributed by atoms with E-state index in [1.807, 2.05) is 18.5 Å². The topological polar surface area (TPSA) is 42.7 Å². The van der Waals surface area contributed by atoms with Crippen molar-refractivity contribution in [1.29, 1.82) is 0 Å². The number of aryl methyl sites for hydroxylation is 3. The number of rotatable bonds is 5. The zero-order valence-electron chi connectivity index (χ0n) is 12.5. The zero-order chi connectivity index (χ0) is 14.7. The number of thiol groups is 1. The molecule has 0 aliphatic rings. The van der Waals surface area contributed by atoms with Crippen LogP contribution in [0, 0.1) is 6.92 Å². The number of para-hydroxylation sites is 1. The second-order valence-corrected chi connectivity index (χ2v) is 5.39. The molecule has 1 heterocycles. The van der Waals surface area contributed by atoms with Gasteiger partial charge in [0.25, 0.3) is 0 Å². The fraction of sp³-hybridized carbons (Fsp3) is 0.467. The Bertz CT molecular complexity index is 569. The highest BCUT2D eigenvalue weighted by atomic mass is 32.1. The van der Waals surface area contributed by atoms with Crippen molar-refractivity contribution >= 4 is 18.3 Å². The quantitative estimate of drug-likeness (QED) is 0.656. The van der Waals surface area contributed by atoms with E-state index in [9.17, 15) is 0 Å². The van der Waals surface area contributed by atoms with E-state index in [1.54, 1.807) is 0 Å². The van der Waals surface area contributed by atoms with Crippen molar-refractivity contribution in [3.63, 3.8) is 0 Å². The molecule has 1 aromatic heterocycles. The molecule has 1 N–H and O–H groups in total. The highest BCUT2D eigenvalue weighted by molar-refractivity contribution is 7.80. The summed E-state index contributed by atoms with van der Waals surface area (Å²) in [5.74, 6) is 1.72. The third-order valence-electron chi connectivity index (χ3n) is 3.65. The molecule has 5 heteroatoms. The number of nitrogens with one attached hydrogen (secondary N) is 1. The molecule has 0 bridgehead atoms. The monoisotopic (exact) mass is 290 g/mol. The minimum Gasteiger partial charge on any atom is -0.367 e. The van der Waals surface area contributed by atoms with E-state index < -0.39 is 0 Å². The highest BCUT2D eigenvalue weighted by Gasteiger charge is 2.16. The standard InChI is InChI=1S/C15H22N4S/c1-5-11-8-7-9-12(6-2)13(11)16-15(20)14-18-17-10(3)19(14)4/h7-9,15-16,20H,5-6H2,1-4H3. The Morgan fingerprint density at radius 2 is 1.80 bits per heavy atom. The zero-order valence-corrected chi connectivity index (χ0v) is 13.4. The maximum Gasteiger partial charge on any atom is 0.165 e. The SMILES string of the molecule is CCc1cccc(CC)c1NC(S)c1nnc(C)n1C. The van der Waals surface area contributed by atoms with E-state index in [2.05, 4.69) is 60.2 Å². The number of anilines is 1. The first-order valence-corrected chi connectivity index (χ1v) is 7.51. The molecular formula is C15H22N4S. The molecule has 0 amide bonds. The van der Waals surface area contributed by atoms with Gasteiger partial charge in [0.05, 0.1) is 0 Å². The van der Waals surface area contributed by atoms with Gasteiger partial charge in [-0.15, -0.1) is 22.8 Å². The van der Waals surface area contributed by atoms with Gasteiger partial charge in [0.1, 0.15) is 11.2 Å². The number of hydrogen-bond donors (Lipinski definition) is 2. The molecule has 0 saturated carbocycles. The minimum absolute atomic E-state index is 0.167. The Morgan fingerprint density at radius 1 is 1.20 bits per heavy atom. The lowest BCUT2D eigenvalue weighted by Gasteiger charge is -2.19. The maximum atomic E-state index is 4.65. The Labute approximate surface area is 126 Å². The van der Waals surface area contributed by atoms with Crippen LogP contribution in [0.15, 0.2) is 18.2 Å². The predicted octanol–water partition coefficient (Wildman–Crippen LogP) is 3.29. The first-order valence-electron chi connectivity index (χ1n) is 6.99. The van der Waals surface area contributed by atoms with Gasteiger partial charge in [-0.2, -0.15) is 0 Å². The highest BCUT2D eigenvalue weighted by Crippen LogP contribution is 2.28. The van der Waals surface area contributed by atoms with E-state index in [4.69, 9.17) is 0 Å². The lowest BCUT2D eigenvalue weighted by molar-refractivity contribution is 0.782. The van der Waals surface area contributed by atoms with E-state index >= 15 is 0 Å². The summed E-state index contributed by atoms with van der Waals surface area (Å²) in [4.78, 5) is 0. The normalized spacial score (nSPS) is 12.4. The fourth-order valence-corrected chi connectivity index (χ4v) is 2.64. The summed E-state index contributed by atoms with van der Waals surface area (Å²) in [5.41, 5.74) is 3.79. The molecular weight excluding hydrogens is 268 g/mol. The molecule has 0 aliphatic carbocycles.